The first kappa shape index (κ1) is 19.5. The van der Waals surface area contributed by atoms with E-state index in [1.165, 1.54) is 57.2 Å². The largest absolute Gasteiger partial charge is 0.493 e. The standard InChI is InChI=1S/C21H35N3O2/c1-25-21-15-18(17-24-12-6-3-7-19(24)16-22)8-9-20(21)26-14-13-23-10-4-2-5-11-23/h8-9,15,19H,2-7,10-14,16-17,22H2,1H3/t19-/m0/s1. The van der Waals surface area contributed by atoms with Crippen molar-refractivity contribution in [3.63, 3.8) is 0 Å². The molecule has 2 aliphatic rings. The van der Waals surface area contributed by atoms with Gasteiger partial charge in [0.25, 0.3) is 0 Å². The lowest BCUT2D eigenvalue weighted by atomic mass is 10.0. The highest BCUT2D eigenvalue weighted by Crippen LogP contribution is 2.29. The van der Waals surface area contributed by atoms with Gasteiger partial charge in [-0.15, -0.1) is 0 Å². The minimum absolute atomic E-state index is 0.509. The minimum atomic E-state index is 0.509. The molecule has 2 saturated heterocycles. The Morgan fingerprint density at radius 2 is 1.85 bits per heavy atom. The Morgan fingerprint density at radius 1 is 1.04 bits per heavy atom. The lowest BCUT2D eigenvalue weighted by molar-refractivity contribution is 0.144. The lowest BCUT2D eigenvalue weighted by Crippen LogP contribution is -2.43. The van der Waals surface area contributed by atoms with Crippen molar-refractivity contribution in [1.82, 2.24) is 9.80 Å². The first-order valence-corrected chi connectivity index (χ1v) is 10.3. The van der Waals surface area contributed by atoms with Gasteiger partial charge in [-0.25, -0.2) is 0 Å². The third kappa shape index (κ3) is 5.35. The van der Waals surface area contributed by atoms with E-state index in [0.29, 0.717) is 6.04 Å². The van der Waals surface area contributed by atoms with Crippen molar-refractivity contribution in [1.29, 1.82) is 0 Å². The van der Waals surface area contributed by atoms with Crippen LogP contribution in [0.5, 0.6) is 11.5 Å². The van der Waals surface area contributed by atoms with Gasteiger partial charge >= 0.3 is 0 Å². The van der Waals surface area contributed by atoms with Crippen molar-refractivity contribution in [3.8, 4) is 11.5 Å². The lowest BCUT2D eigenvalue weighted by Gasteiger charge is -2.35. The topological polar surface area (TPSA) is 51.0 Å². The van der Waals surface area contributed by atoms with Gasteiger partial charge in [0.1, 0.15) is 6.61 Å². The summed E-state index contributed by atoms with van der Waals surface area (Å²) >= 11 is 0. The number of ether oxygens (including phenoxy) is 2. The van der Waals surface area contributed by atoms with Gasteiger partial charge in [0.15, 0.2) is 11.5 Å². The van der Waals surface area contributed by atoms with Gasteiger partial charge in [0.2, 0.25) is 0 Å². The van der Waals surface area contributed by atoms with Crippen molar-refractivity contribution in [3.05, 3.63) is 23.8 Å². The Hall–Kier alpha value is -1.30. The fourth-order valence-corrected chi connectivity index (χ4v) is 4.17. The van der Waals surface area contributed by atoms with Crippen molar-refractivity contribution >= 4 is 0 Å². The fraction of sp³-hybridized carbons (Fsp3) is 0.714. The summed E-state index contributed by atoms with van der Waals surface area (Å²) in [5.41, 5.74) is 7.22. The van der Waals surface area contributed by atoms with Crippen LogP contribution < -0.4 is 15.2 Å². The van der Waals surface area contributed by atoms with Crippen LogP contribution in [-0.2, 0) is 6.54 Å². The molecule has 2 heterocycles. The second kappa shape index (κ2) is 10.1. The van der Waals surface area contributed by atoms with Crippen LogP contribution in [0.15, 0.2) is 18.2 Å². The molecular formula is C21H35N3O2. The monoisotopic (exact) mass is 361 g/mol. The van der Waals surface area contributed by atoms with Gasteiger partial charge in [-0.1, -0.05) is 18.9 Å². The molecule has 0 bridgehead atoms. The van der Waals surface area contributed by atoms with Gasteiger partial charge in [0, 0.05) is 25.7 Å². The normalized spacial score (nSPS) is 22.3. The highest BCUT2D eigenvalue weighted by molar-refractivity contribution is 5.43. The van der Waals surface area contributed by atoms with E-state index in [0.717, 1.165) is 44.3 Å². The minimum Gasteiger partial charge on any atom is -0.493 e. The summed E-state index contributed by atoms with van der Waals surface area (Å²) in [6, 6.07) is 6.86. The Bertz CT molecular complexity index is 546. The van der Waals surface area contributed by atoms with Crippen LogP contribution in [0.3, 0.4) is 0 Å². The molecule has 5 heteroatoms. The molecule has 0 aliphatic carbocycles. The summed E-state index contributed by atoms with van der Waals surface area (Å²) in [7, 11) is 1.72. The van der Waals surface area contributed by atoms with Gasteiger partial charge in [-0.2, -0.15) is 0 Å². The molecule has 0 unspecified atom stereocenters. The van der Waals surface area contributed by atoms with Gasteiger partial charge in [-0.3, -0.25) is 9.80 Å². The number of hydrogen-bond donors (Lipinski definition) is 1. The van der Waals surface area contributed by atoms with Gasteiger partial charge < -0.3 is 15.2 Å². The number of piperidine rings is 2. The molecule has 2 aliphatic heterocycles. The van der Waals surface area contributed by atoms with Crippen molar-refractivity contribution in [2.45, 2.75) is 51.1 Å². The molecule has 146 valence electrons. The summed E-state index contributed by atoms with van der Waals surface area (Å²) < 4.78 is 11.6. The number of benzene rings is 1. The van der Waals surface area contributed by atoms with Crippen LogP contribution in [0.4, 0.5) is 0 Å². The molecule has 2 fully saturated rings. The number of hydrogen-bond acceptors (Lipinski definition) is 5. The van der Waals surface area contributed by atoms with E-state index in [4.69, 9.17) is 15.2 Å². The zero-order chi connectivity index (χ0) is 18.2. The van der Waals surface area contributed by atoms with Crippen LogP contribution in [-0.4, -0.2) is 62.3 Å². The molecule has 0 spiro atoms. The Morgan fingerprint density at radius 3 is 2.62 bits per heavy atom. The molecule has 2 N–H and O–H groups in total. The van der Waals surface area contributed by atoms with E-state index in [-0.39, 0.29) is 0 Å². The molecule has 1 aromatic rings. The average Bonchev–Trinajstić information content (AvgIpc) is 2.70. The van der Waals surface area contributed by atoms with E-state index >= 15 is 0 Å². The third-order valence-corrected chi connectivity index (χ3v) is 5.75. The number of nitrogens with two attached hydrogens (primary N) is 1. The van der Waals surface area contributed by atoms with Crippen molar-refractivity contribution in [2.24, 2.45) is 5.73 Å². The third-order valence-electron chi connectivity index (χ3n) is 5.75. The Kier molecular flexibility index (Phi) is 7.59. The maximum absolute atomic E-state index is 6.02. The summed E-state index contributed by atoms with van der Waals surface area (Å²) in [6.45, 7) is 6.95. The molecule has 0 radical (unpaired) electrons. The van der Waals surface area contributed by atoms with E-state index < -0.39 is 0 Å². The first-order valence-electron chi connectivity index (χ1n) is 10.3. The van der Waals surface area contributed by atoms with Crippen LogP contribution in [0.1, 0.15) is 44.1 Å². The second-order valence-electron chi connectivity index (χ2n) is 7.59. The van der Waals surface area contributed by atoms with Gasteiger partial charge in [-0.05, 0) is 63.0 Å². The molecule has 3 rings (SSSR count). The fourth-order valence-electron chi connectivity index (χ4n) is 4.17. The Balaban J connectivity index is 1.54. The highest BCUT2D eigenvalue weighted by atomic mass is 16.5. The number of rotatable bonds is 8. The smallest absolute Gasteiger partial charge is 0.161 e. The summed E-state index contributed by atoms with van der Waals surface area (Å²) in [5.74, 6) is 1.68. The number of methoxy groups -OCH3 is 1. The summed E-state index contributed by atoms with van der Waals surface area (Å²) in [6.07, 6.45) is 7.79. The molecule has 26 heavy (non-hydrogen) atoms. The first-order chi connectivity index (χ1) is 12.8. The van der Waals surface area contributed by atoms with Crippen LogP contribution in [0.2, 0.25) is 0 Å². The van der Waals surface area contributed by atoms with Crippen LogP contribution >= 0.6 is 0 Å². The SMILES string of the molecule is COc1cc(CN2CCCC[C@H]2CN)ccc1OCCN1CCCCC1. The average molecular weight is 362 g/mol. The number of likely N-dealkylation sites (tertiary alicyclic amines) is 2. The van der Waals surface area contributed by atoms with E-state index in [2.05, 4.69) is 28.0 Å². The highest BCUT2D eigenvalue weighted by Gasteiger charge is 2.21. The zero-order valence-electron chi connectivity index (χ0n) is 16.3. The van der Waals surface area contributed by atoms with Crippen LogP contribution in [0.25, 0.3) is 0 Å². The van der Waals surface area contributed by atoms with E-state index in [1.54, 1.807) is 7.11 Å². The van der Waals surface area contributed by atoms with Crippen LogP contribution in [0, 0.1) is 0 Å². The molecular weight excluding hydrogens is 326 g/mol. The summed E-state index contributed by atoms with van der Waals surface area (Å²) in [5, 5.41) is 0. The predicted molar refractivity (Wildman–Crippen MR) is 106 cm³/mol. The molecule has 1 atom stereocenters. The maximum atomic E-state index is 6.02. The molecule has 5 nitrogen and oxygen atoms in total. The molecule has 0 saturated carbocycles. The second-order valence-corrected chi connectivity index (χ2v) is 7.59. The molecule has 1 aromatic carbocycles. The molecule has 0 aromatic heterocycles. The maximum Gasteiger partial charge on any atom is 0.161 e. The Labute approximate surface area is 158 Å². The number of nitrogens with zero attached hydrogens (tertiary/aromatic N) is 2. The predicted octanol–water partition coefficient (Wildman–Crippen LogP) is 2.87. The van der Waals surface area contributed by atoms with Crippen molar-refractivity contribution < 1.29 is 9.47 Å². The zero-order valence-corrected chi connectivity index (χ0v) is 16.3. The van der Waals surface area contributed by atoms with E-state index in [1.807, 2.05) is 0 Å². The van der Waals surface area contributed by atoms with Gasteiger partial charge in [0.05, 0.1) is 7.11 Å². The van der Waals surface area contributed by atoms with Crippen molar-refractivity contribution in [2.75, 3.05) is 46.4 Å². The summed E-state index contributed by atoms with van der Waals surface area (Å²) in [4.78, 5) is 5.00. The molecule has 0 amide bonds. The van der Waals surface area contributed by atoms with E-state index in [9.17, 15) is 0 Å². The quantitative estimate of drug-likeness (QED) is 0.772.